The van der Waals surface area contributed by atoms with Crippen LogP contribution < -0.4 is 0 Å². The monoisotopic (exact) mass is 65.0 g/mol. The summed E-state index contributed by atoms with van der Waals surface area (Å²) in [6.45, 7) is 6.65. The van der Waals surface area contributed by atoms with Crippen molar-refractivity contribution in [2.45, 2.75) is 0 Å². The Morgan fingerprint density at radius 2 is 2.20 bits per heavy atom. The molecule has 0 unspecified atom stereocenters. The second-order valence-electron chi connectivity index (χ2n) is 0.748. The van der Waals surface area contributed by atoms with E-state index in [4.69, 9.17) is 6.42 Å². The molecule has 0 aliphatic rings. The van der Waals surface area contributed by atoms with E-state index in [1.54, 1.807) is 0 Å². The molecule has 0 heteroatoms. The van der Waals surface area contributed by atoms with Crippen LogP contribution >= 0.6 is 0 Å². The third-order valence-electron chi connectivity index (χ3n) is 0.204. The van der Waals surface area contributed by atoms with Gasteiger partial charge in [-0.2, -0.15) is 0 Å². The van der Waals surface area contributed by atoms with Gasteiger partial charge in [0.25, 0.3) is 0 Å². The van der Waals surface area contributed by atoms with Gasteiger partial charge in [0.1, 0.15) is 0 Å². The Kier molecular flexibility index (Phi) is 1.24. The number of hydrogen-bond donors (Lipinski definition) is 0. The average molecular weight is 65.1 g/mol. The first kappa shape index (κ1) is 4.17. The molecule has 0 saturated carbocycles. The first-order chi connectivity index (χ1) is 2.27. The maximum Gasteiger partial charge on any atom is 0.181 e. The highest BCUT2D eigenvalue weighted by molar-refractivity contribution is 5.23. The molecule has 0 rings (SSSR count). The van der Waals surface area contributed by atoms with E-state index in [0.29, 0.717) is 5.57 Å². The zero-order chi connectivity index (χ0) is 4.28. The number of terminal acetylenes is 1. The van der Waals surface area contributed by atoms with Gasteiger partial charge in [-0.15, -0.1) is 0 Å². The van der Waals surface area contributed by atoms with Crippen molar-refractivity contribution in [3.63, 3.8) is 0 Å². The van der Waals surface area contributed by atoms with Crippen LogP contribution in [-0.2, 0) is 0 Å². The molecule has 0 N–H and O–H groups in total. The molecule has 0 heterocycles. The van der Waals surface area contributed by atoms with Gasteiger partial charge in [0.2, 0.25) is 0 Å². The number of allylic oxidation sites excluding steroid dienone is 1. The predicted molar refractivity (Wildman–Crippen MR) is 23.3 cm³/mol. The molecular weight excluding hydrogens is 60.1 g/mol. The van der Waals surface area contributed by atoms with E-state index in [1.807, 2.05) is 0 Å². The smallest absolute Gasteiger partial charge is 0.0326 e. The van der Waals surface area contributed by atoms with Crippen LogP contribution in [0.25, 0.3) is 0 Å². The molecule has 0 radical (unpaired) electrons. The fraction of sp³-hybridized carbons (Fsp3) is 0. The Balaban J connectivity index is 3.35. The van der Waals surface area contributed by atoms with E-state index < -0.39 is 0 Å². The van der Waals surface area contributed by atoms with Crippen molar-refractivity contribution >= 4 is 0 Å². The predicted octanol–water partition coefficient (Wildman–Crippen LogP) is 1.01. The highest BCUT2D eigenvalue weighted by Gasteiger charge is 1.74. The van der Waals surface area contributed by atoms with Crippen molar-refractivity contribution in [3.8, 4) is 12.3 Å². The Bertz CT molecular complexity index is 72.5. The second kappa shape index (κ2) is 1.49. The molecule has 0 aliphatic heterocycles. The lowest BCUT2D eigenvalue weighted by molar-refractivity contribution is 1.91. The zero-order valence-electron chi connectivity index (χ0n) is 2.99. The number of rotatable bonds is 0. The summed E-state index contributed by atoms with van der Waals surface area (Å²) in [7, 11) is 0. The average Bonchev–Trinajstić information content (AvgIpc) is 1.38. The van der Waals surface area contributed by atoms with Crippen LogP contribution in [0.2, 0.25) is 0 Å². The minimum absolute atomic E-state index is 0.532. The minimum atomic E-state index is 0.532. The van der Waals surface area contributed by atoms with Crippen LogP contribution in [0.4, 0.5) is 0 Å². The van der Waals surface area contributed by atoms with Gasteiger partial charge in [-0.05, 0) is 6.42 Å². The molecule has 0 aromatic heterocycles. The fourth-order valence-electron chi connectivity index (χ4n) is 0. The summed E-state index contributed by atoms with van der Waals surface area (Å²) in [5, 5.41) is 0. The molecule has 0 fully saturated rings. The lowest BCUT2D eigenvalue weighted by Gasteiger charge is -1.52. The molecule has 0 bridgehead atoms. The summed E-state index contributed by atoms with van der Waals surface area (Å²) in [6.07, 6.45) is 4.76. The van der Waals surface area contributed by atoms with Crippen molar-refractivity contribution in [2.75, 3.05) is 0 Å². The molecule has 0 nitrogen and oxygen atoms in total. The SMILES string of the molecule is C#CC(=C)[CH2+]. The summed E-state index contributed by atoms with van der Waals surface area (Å²) >= 11 is 0. The summed E-state index contributed by atoms with van der Waals surface area (Å²) in [5.41, 5.74) is 0.532. The molecule has 0 atom stereocenters. The molecule has 0 amide bonds. The maximum atomic E-state index is 4.76. The molecule has 0 aromatic rings. The normalized spacial score (nSPS) is 5.40. The number of hydrogen-bond acceptors (Lipinski definition) is 0. The third-order valence-corrected chi connectivity index (χ3v) is 0.204. The van der Waals surface area contributed by atoms with Crippen molar-refractivity contribution in [1.29, 1.82) is 0 Å². The molecule has 0 saturated heterocycles. The summed E-state index contributed by atoms with van der Waals surface area (Å²) in [5.74, 6) is 2.22. The molecule has 0 spiro atoms. The fourth-order valence-corrected chi connectivity index (χ4v) is 0. The molecule has 0 aliphatic carbocycles. The molecular formula is C5H5+. The van der Waals surface area contributed by atoms with Crippen molar-refractivity contribution in [2.24, 2.45) is 0 Å². The van der Waals surface area contributed by atoms with Gasteiger partial charge in [0.15, 0.2) is 5.57 Å². The quantitative estimate of drug-likeness (QED) is 0.292. The first-order valence-corrected chi connectivity index (χ1v) is 1.25. The largest absolute Gasteiger partial charge is 0.181 e. The molecule has 0 aromatic carbocycles. The van der Waals surface area contributed by atoms with Crippen LogP contribution in [0.3, 0.4) is 0 Å². The van der Waals surface area contributed by atoms with Crippen molar-refractivity contribution in [3.05, 3.63) is 19.1 Å². The van der Waals surface area contributed by atoms with Gasteiger partial charge in [0, 0.05) is 13.5 Å². The second-order valence-corrected chi connectivity index (χ2v) is 0.748. The van der Waals surface area contributed by atoms with E-state index in [9.17, 15) is 0 Å². The Morgan fingerprint density at radius 3 is 2.20 bits per heavy atom. The van der Waals surface area contributed by atoms with E-state index in [1.165, 1.54) is 0 Å². The van der Waals surface area contributed by atoms with Gasteiger partial charge in [0.05, 0.1) is 5.92 Å². The van der Waals surface area contributed by atoms with Crippen molar-refractivity contribution in [1.82, 2.24) is 0 Å². The summed E-state index contributed by atoms with van der Waals surface area (Å²) < 4.78 is 0. The maximum absolute atomic E-state index is 4.76. The van der Waals surface area contributed by atoms with E-state index >= 15 is 0 Å². The lowest BCUT2D eigenvalue weighted by Crippen LogP contribution is -1.53. The van der Waals surface area contributed by atoms with Crippen molar-refractivity contribution < 1.29 is 0 Å². The van der Waals surface area contributed by atoms with Gasteiger partial charge in [-0.3, -0.25) is 0 Å². The van der Waals surface area contributed by atoms with E-state index in [0.717, 1.165) is 0 Å². The van der Waals surface area contributed by atoms with Crippen LogP contribution in [0.15, 0.2) is 12.2 Å². The first-order valence-electron chi connectivity index (χ1n) is 1.25. The van der Waals surface area contributed by atoms with Gasteiger partial charge in [-0.25, -0.2) is 0 Å². The lowest BCUT2D eigenvalue weighted by atomic mass is 10.4. The minimum Gasteiger partial charge on any atom is -0.0326 e. The highest BCUT2D eigenvalue weighted by atomic mass is 13.6. The van der Waals surface area contributed by atoms with Crippen LogP contribution in [0, 0.1) is 19.3 Å². The summed E-state index contributed by atoms with van der Waals surface area (Å²) in [6, 6.07) is 0. The van der Waals surface area contributed by atoms with Crippen LogP contribution in [-0.4, -0.2) is 0 Å². The van der Waals surface area contributed by atoms with Gasteiger partial charge >= 0.3 is 0 Å². The molecule has 24 valence electrons. The molecule has 5 heavy (non-hydrogen) atoms. The topological polar surface area (TPSA) is 0 Å². The Morgan fingerprint density at radius 1 is 2.00 bits per heavy atom. The Hall–Kier alpha value is -0.830. The summed E-state index contributed by atoms with van der Waals surface area (Å²) in [4.78, 5) is 0. The van der Waals surface area contributed by atoms with Gasteiger partial charge < -0.3 is 0 Å². The van der Waals surface area contributed by atoms with Gasteiger partial charge in [-0.1, -0.05) is 0 Å². The Labute approximate surface area is 32.5 Å². The standard InChI is InChI=1S/C5H5/c1-4-5(2)3/h1H,2-3H2/q+1. The highest BCUT2D eigenvalue weighted by Crippen LogP contribution is 1.73. The van der Waals surface area contributed by atoms with E-state index in [-0.39, 0.29) is 0 Å². The van der Waals surface area contributed by atoms with Crippen LogP contribution in [0.1, 0.15) is 0 Å². The van der Waals surface area contributed by atoms with E-state index in [2.05, 4.69) is 19.4 Å². The van der Waals surface area contributed by atoms with Crippen LogP contribution in [0.5, 0.6) is 0 Å². The zero-order valence-corrected chi connectivity index (χ0v) is 2.99. The third kappa shape index (κ3) is 3.17.